The second kappa shape index (κ2) is 7.84. The summed E-state index contributed by atoms with van der Waals surface area (Å²) in [4.78, 5) is 20.4. The van der Waals surface area contributed by atoms with E-state index in [1.54, 1.807) is 42.6 Å². The lowest BCUT2D eigenvalue weighted by molar-refractivity contribution is 0.104. The third-order valence-corrected chi connectivity index (χ3v) is 4.45. The zero-order chi connectivity index (χ0) is 19.3. The Morgan fingerprint density at radius 3 is 2.54 bits per heavy atom. The number of hydrogen-bond acceptors (Lipinski definition) is 2. The first-order chi connectivity index (χ1) is 13.7. The first-order valence-electron chi connectivity index (χ1n) is 8.88. The summed E-state index contributed by atoms with van der Waals surface area (Å²) in [6, 6.07) is 21.4. The highest BCUT2D eigenvalue weighted by atomic mass is 19.1. The van der Waals surface area contributed by atoms with E-state index in [0.717, 1.165) is 16.5 Å². The molecule has 0 aliphatic carbocycles. The molecular weight excluding hydrogens is 351 g/mol. The minimum Gasteiger partial charge on any atom is -0.361 e. The summed E-state index contributed by atoms with van der Waals surface area (Å²) in [6.45, 7) is 0. The van der Waals surface area contributed by atoms with E-state index in [2.05, 4.69) is 9.98 Å². The van der Waals surface area contributed by atoms with E-state index in [0.29, 0.717) is 16.8 Å². The summed E-state index contributed by atoms with van der Waals surface area (Å²) in [6.07, 6.45) is 6.48. The standard InChI is InChI=1S/C24H17FN2O/c25-21-10-4-1-7-17(21)13-14-24(28)20-9-3-6-12-23(20)27-16-18-15-26-22-11-5-2-8-19(18)22/h1-16,26H/b14-13+,27-16?. The lowest BCUT2D eigenvalue weighted by Crippen LogP contribution is -1.95. The van der Waals surface area contributed by atoms with Gasteiger partial charge in [0.25, 0.3) is 0 Å². The van der Waals surface area contributed by atoms with E-state index < -0.39 is 0 Å². The Balaban J connectivity index is 1.62. The predicted molar refractivity (Wildman–Crippen MR) is 112 cm³/mol. The summed E-state index contributed by atoms with van der Waals surface area (Å²) in [5.41, 5.74) is 3.37. The Labute approximate surface area is 161 Å². The SMILES string of the molecule is O=C(/C=C/c1ccccc1F)c1ccccc1N=Cc1c[nH]c2ccccc12. The van der Waals surface area contributed by atoms with Gasteiger partial charge in [-0.1, -0.05) is 48.5 Å². The number of aliphatic imine (C=N–C) groups is 1. The van der Waals surface area contributed by atoms with E-state index >= 15 is 0 Å². The Morgan fingerprint density at radius 1 is 0.893 bits per heavy atom. The number of hydrogen-bond donors (Lipinski definition) is 1. The van der Waals surface area contributed by atoms with E-state index in [-0.39, 0.29) is 11.6 Å². The van der Waals surface area contributed by atoms with Crippen molar-refractivity contribution in [2.75, 3.05) is 0 Å². The number of benzene rings is 3. The second-order valence-corrected chi connectivity index (χ2v) is 6.28. The molecule has 1 aromatic heterocycles. The van der Waals surface area contributed by atoms with E-state index in [4.69, 9.17) is 0 Å². The van der Waals surface area contributed by atoms with Gasteiger partial charge in [0.05, 0.1) is 5.69 Å². The van der Waals surface area contributed by atoms with Crippen LogP contribution in [0.1, 0.15) is 21.5 Å². The van der Waals surface area contributed by atoms with Gasteiger partial charge in [-0.3, -0.25) is 9.79 Å². The molecule has 0 radical (unpaired) electrons. The second-order valence-electron chi connectivity index (χ2n) is 6.28. The van der Waals surface area contributed by atoms with E-state index in [1.165, 1.54) is 18.2 Å². The van der Waals surface area contributed by atoms with Crippen LogP contribution < -0.4 is 0 Å². The molecule has 0 unspecified atom stereocenters. The number of nitrogens with one attached hydrogen (secondary N) is 1. The molecular formula is C24H17FN2O. The van der Waals surface area contributed by atoms with E-state index in [1.807, 2.05) is 36.5 Å². The van der Waals surface area contributed by atoms with E-state index in [9.17, 15) is 9.18 Å². The van der Waals surface area contributed by atoms with Gasteiger partial charge in [0.1, 0.15) is 5.82 Å². The number of carbonyl (C=O) groups is 1. The largest absolute Gasteiger partial charge is 0.361 e. The first-order valence-corrected chi connectivity index (χ1v) is 8.88. The fraction of sp³-hybridized carbons (Fsp3) is 0. The van der Waals surface area contributed by atoms with Gasteiger partial charge in [0.15, 0.2) is 5.78 Å². The third kappa shape index (κ3) is 3.67. The van der Waals surface area contributed by atoms with Gasteiger partial charge < -0.3 is 4.98 Å². The highest BCUT2D eigenvalue weighted by Crippen LogP contribution is 2.22. The normalized spacial score (nSPS) is 11.6. The minimum absolute atomic E-state index is 0.227. The van der Waals surface area contributed by atoms with Crippen LogP contribution >= 0.6 is 0 Å². The van der Waals surface area contributed by atoms with Crippen molar-refractivity contribution in [2.45, 2.75) is 0 Å². The molecule has 0 aliphatic rings. The fourth-order valence-electron chi connectivity index (χ4n) is 3.00. The number of allylic oxidation sites excluding steroid dienone is 1. The highest BCUT2D eigenvalue weighted by molar-refractivity contribution is 6.10. The van der Waals surface area contributed by atoms with Crippen molar-refractivity contribution in [1.82, 2.24) is 4.98 Å². The van der Waals surface area contributed by atoms with Crippen molar-refractivity contribution in [3.63, 3.8) is 0 Å². The van der Waals surface area contributed by atoms with Crippen molar-refractivity contribution >= 4 is 34.7 Å². The first kappa shape index (κ1) is 17.6. The van der Waals surface area contributed by atoms with Gasteiger partial charge in [0.2, 0.25) is 0 Å². The molecule has 4 heteroatoms. The Hall–Kier alpha value is -3.79. The molecule has 28 heavy (non-hydrogen) atoms. The zero-order valence-corrected chi connectivity index (χ0v) is 15.0. The summed E-state index contributed by atoms with van der Waals surface area (Å²) < 4.78 is 13.7. The van der Waals surface area contributed by atoms with Crippen molar-refractivity contribution in [3.05, 3.63) is 108 Å². The predicted octanol–water partition coefficient (Wildman–Crippen LogP) is 5.95. The van der Waals surface area contributed by atoms with Crippen molar-refractivity contribution in [2.24, 2.45) is 4.99 Å². The summed E-state index contributed by atoms with van der Waals surface area (Å²) in [7, 11) is 0. The van der Waals surface area contributed by atoms with Gasteiger partial charge in [-0.15, -0.1) is 0 Å². The lowest BCUT2D eigenvalue weighted by Gasteiger charge is -2.02. The number of para-hydroxylation sites is 2. The van der Waals surface area contributed by atoms with Gasteiger partial charge in [0, 0.05) is 40.0 Å². The molecule has 3 nitrogen and oxygen atoms in total. The van der Waals surface area contributed by atoms with Crippen LogP contribution in [0.5, 0.6) is 0 Å². The van der Waals surface area contributed by atoms with Gasteiger partial charge in [-0.25, -0.2) is 4.39 Å². The molecule has 0 spiro atoms. The number of halogens is 1. The number of H-pyrrole nitrogens is 1. The monoisotopic (exact) mass is 368 g/mol. The topological polar surface area (TPSA) is 45.2 Å². The molecule has 0 atom stereocenters. The van der Waals surface area contributed by atoms with Crippen LogP contribution in [-0.4, -0.2) is 17.0 Å². The maximum absolute atomic E-state index is 13.7. The quantitative estimate of drug-likeness (QED) is 0.264. The molecule has 0 fully saturated rings. The molecule has 0 saturated carbocycles. The molecule has 0 amide bonds. The number of carbonyl (C=O) groups excluding carboxylic acids is 1. The van der Waals surface area contributed by atoms with Gasteiger partial charge in [-0.2, -0.15) is 0 Å². The number of fused-ring (bicyclic) bond motifs is 1. The number of rotatable bonds is 5. The summed E-state index contributed by atoms with van der Waals surface area (Å²) >= 11 is 0. The van der Waals surface area contributed by atoms with Crippen molar-refractivity contribution in [3.8, 4) is 0 Å². The number of ketones is 1. The summed E-state index contributed by atoms with van der Waals surface area (Å²) in [5.74, 6) is -0.591. The smallest absolute Gasteiger partial charge is 0.188 e. The lowest BCUT2D eigenvalue weighted by atomic mass is 10.1. The van der Waals surface area contributed by atoms with Crippen LogP contribution in [0.2, 0.25) is 0 Å². The molecule has 3 aromatic carbocycles. The Morgan fingerprint density at radius 2 is 1.64 bits per heavy atom. The van der Waals surface area contributed by atoms with Crippen LogP contribution in [0, 0.1) is 5.82 Å². The van der Waals surface area contributed by atoms with Crippen LogP contribution in [0.3, 0.4) is 0 Å². The molecule has 0 saturated heterocycles. The Bertz CT molecular complexity index is 1200. The molecule has 4 rings (SSSR count). The number of nitrogens with zero attached hydrogens (tertiary/aromatic N) is 1. The maximum Gasteiger partial charge on any atom is 0.188 e. The van der Waals surface area contributed by atoms with Crippen LogP contribution in [0.15, 0.2) is 90.1 Å². The van der Waals surface area contributed by atoms with Gasteiger partial charge >= 0.3 is 0 Å². The fourth-order valence-corrected chi connectivity index (χ4v) is 3.00. The third-order valence-electron chi connectivity index (χ3n) is 4.45. The van der Waals surface area contributed by atoms with Crippen molar-refractivity contribution in [1.29, 1.82) is 0 Å². The maximum atomic E-state index is 13.7. The van der Waals surface area contributed by atoms with Crippen LogP contribution in [0.4, 0.5) is 10.1 Å². The molecule has 136 valence electrons. The highest BCUT2D eigenvalue weighted by Gasteiger charge is 2.08. The van der Waals surface area contributed by atoms with Crippen LogP contribution in [0.25, 0.3) is 17.0 Å². The molecule has 4 aromatic rings. The zero-order valence-electron chi connectivity index (χ0n) is 15.0. The van der Waals surface area contributed by atoms with Crippen molar-refractivity contribution < 1.29 is 9.18 Å². The number of aromatic amines is 1. The average molecular weight is 368 g/mol. The molecule has 1 heterocycles. The average Bonchev–Trinajstić information content (AvgIpc) is 3.15. The summed E-state index contributed by atoms with van der Waals surface area (Å²) in [5, 5.41) is 1.06. The molecule has 0 bridgehead atoms. The molecule has 1 N–H and O–H groups in total. The Kier molecular flexibility index (Phi) is 4.93. The number of aromatic nitrogens is 1. The van der Waals surface area contributed by atoms with Crippen LogP contribution in [-0.2, 0) is 0 Å². The molecule has 0 aliphatic heterocycles. The minimum atomic E-state index is -0.364. The van der Waals surface area contributed by atoms with Gasteiger partial charge in [-0.05, 0) is 36.4 Å².